The molecule has 0 bridgehead atoms. The second kappa shape index (κ2) is 9.17. The zero-order valence-corrected chi connectivity index (χ0v) is 17.8. The number of nitrogens with two attached hydrogens (primary N) is 1. The molecular formula is C23H25FN6O2. The number of benzene rings is 1. The van der Waals surface area contributed by atoms with E-state index in [1.165, 1.54) is 6.07 Å². The first-order valence-electron chi connectivity index (χ1n) is 10.5. The van der Waals surface area contributed by atoms with Gasteiger partial charge in [0, 0.05) is 50.1 Å². The van der Waals surface area contributed by atoms with Gasteiger partial charge in [-0.1, -0.05) is 18.2 Å². The molecular weight excluding hydrogens is 411 g/mol. The molecule has 0 atom stereocenters. The molecule has 1 aliphatic heterocycles. The Labute approximate surface area is 185 Å². The highest BCUT2D eigenvalue weighted by Crippen LogP contribution is 2.28. The van der Waals surface area contributed by atoms with E-state index in [1.807, 2.05) is 4.90 Å². The van der Waals surface area contributed by atoms with Crippen LogP contribution >= 0.6 is 0 Å². The molecule has 166 valence electrons. The lowest BCUT2D eigenvalue weighted by atomic mass is 9.92. The summed E-state index contributed by atoms with van der Waals surface area (Å²) in [5, 5.41) is 6.74. The van der Waals surface area contributed by atoms with E-state index in [0.717, 1.165) is 18.5 Å². The number of anilines is 1. The summed E-state index contributed by atoms with van der Waals surface area (Å²) in [7, 11) is 1.75. The molecule has 1 fully saturated rings. The zero-order valence-electron chi connectivity index (χ0n) is 17.8. The number of amides is 2. The molecule has 2 aromatic heterocycles. The predicted molar refractivity (Wildman–Crippen MR) is 117 cm³/mol. The first kappa shape index (κ1) is 21.5. The molecule has 0 unspecified atom stereocenters. The van der Waals surface area contributed by atoms with Crippen molar-refractivity contribution in [3.63, 3.8) is 0 Å². The molecule has 0 aliphatic carbocycles. The molecule has 1 saturated heterocycles. The van der Waals surface area contributed by atoms with Crippen LogP contribution in [-0.2, 0) is 13.6 Å². The smallest absolute Gasteiger partial charge is 0.272 e. The first-order valence-corrected chi connectivity index (χ1v) is 10.5. The predicted octanol–water partition coefficient (Wildman–Crippen LogP) is 2.49. The molecule has 8 nitrogen and oxygen atoms in total. The minimum atomic E-state index is -0.401. The van der Waals surface area contributed by atoms with Gasteiger partial charge in [-0.15, -0.1) is 0 Å². The highest BCUT2D eigenvalue weighted by Gasteiger charge is 2.27. The Morgan fingerprint density at radius 2 is 1.91 bits per heavy atom. The topological polar surface area (TPSA) is 106 Å². The quantitative estimate of drug-likeness (QED) is 0.639. The van der Waals surface area contributed by atoms with Crippen LogP contribution in [0.5, 0.6) is 0 Å². The fourth-order valence-corrected chi connectivity index (χ4v) is 3.95. The number of nitrogen functional groups attached to an aromatic ring is 1. The van der Waals surface area contributed by atoms with E-state index in [1.54, 1.807) is 54.3 Å². The van der Waals surface area contributed by atoms with Gasteiger partial charge in [0.1, 0.15) is 17.3 Å². The van der Waals surface area contributed by atoms with Crippen molar-refractivity contribution in [2.24, 2.45) is 7.05 Å². The summed E-state index contributed by atoms with van der Waals surface area (Å²) in [6, 6.07) is 11.4. The van der Waals surface area contributed by atoms with Crippen LogP contribution in [0.25, 0.3) is 0 Å². The van der Waals surface area contributed by atoms with Crippen LogP contribution in [0.3, 0.4) is 0 Å². The summed E-state index contributed by atoms with van der Waals surface area (Å²) in [5.41, 5.74) is 8.09. The van der Waals surface area contributed by atoms with Gasteiger partial charge in [-0.2, -0.15) is 5.10 Å². The van der Waals surface area contributed by atoms with Gasteiger partial charge in [-0.3, -0.25) is 14.3 Å². The number of nitrogens with one attached hydrogen (secondary N) is 1. The number of carbonyl (C=O) groups excluding carboxylic acids is 2. The van der Waals surface area contributed by atoms with Crippen molar-refractivity contribution in [1.82, 2.24) is 25.0 Å². The van der Waals surface area contributed by atoms with E-state index in [9.17, 15) is 14.0 Å². The number of hydrogen-bond donors (Lipinski definition) is 2. The Hall–Kier alpha value is -3.75. The number of rotatable bonds is 5. The van der Waals surface area contributed by atoms with Gasteiger partial charge >= 0.3 is 0 Å². The lowest BCUT2D eigenvalue weighted by Gasteiger charge is -2.31. The third-order valence-electron chi connectivity index (χ3n) is 5.83. The van der Waals surface area contributed by atoms with Crippen LogP contribution in [0.15, 0.2) is 48.7 Å². The van der Waals surface area contributed by atoms with Crippen LogP contribution in [0.1, 0.15) is 50.9 Å². The lowest BCUT2D eigenvalue weighted by Crippen LogP contribution is -2.39. The van der Waals surface area contributed by atoms with Gasteiger partial charge in [0.2, 0.25) is 0 Å². The summed E-state index contributed by atoms with van der Waals surface area (Å²) in [5.74, 6) is -0.507. The van der Waals surface area contributed by atoms with Crippen LogP contribution in [0.4, 0.5) is 10.2 Å². The van der Waals surface area contributed by atoms with Crippen LogP contribution < -0.4 is 11.1 Å². The molecule has 3 N–H and O–H groups in total. The Balaban J connectivity index is 1.36. The van der Waals surface area contributed by atoms with E-state index in [4.69, 9.17) is 5.73 Å². The van der Waals surface area contributed by atoms with Crippen molar-refractivity contribution < 1.29 is 14.0 Å². The fraction of sp³-hybridized carbons (Fsp3) is 0.304. The van der Waals surface area contributed by atoms with Gasteiger partial charge in [0.05, 0.1) is 5.56 Å². The van der Waals surface area contributed by atoms with E-state index in [2.05, 4.69) is 15.4 Å². The van der Waals surface area contributed by atoms with Crippen LogP contribution in [-0.4, -0.2) is 44.6 Å². The fourth-order valence-electron chi connectivity index (χ4n) is 3.95. The van der Waals surface area contributed by atoms with Crippen LogP contribution in [0, 0.1) is 5.82 Å². The van der Waals surface area contributed by atoms with Gasteiger partial charge in [-0.05, 0) is 37.1 Å². The number of hydrogen-bond acceptors (Lipinski definition) is 5. The van der Waals surface area contributed by atoms with Crippen molar-refractivity contribution in [3.05, 3.63) is 77.0 Å². The van der Waals surface area contributed by atoms with Gasteiger partial charge in [0.25, 0.3) is 11.8 Å². The largest absolute Gasteiger partial charge is 0.383 e. The van der Waals surface area contributed by atoms with Crippen molar-refractivity contribution in [3.8, 4) is 0 Å². The molecule has 0 spiro atoms. The highest BCUT2D eigenvalue weighted by atomic mass is 19.1. The molecule has 4 rings (SSSR count). The van der Waals surface area contributed by atoms with Gasteiger partial charge in [0.15, 0.2) is 0 Å². The Kier molecular flexibility index (Phi) is 6.16. The number of carbonyl (C=O) groups is 2. The second-order valence-electron chi connectivity index (χ2n) is 7.85. The lowest BCUT2D eigenvalue weighted by molar-refractivity contribution is 0.0700. The third-order valence-corrected chi connectivity index (χ3v) is 5.83. The van der Waals surface area contributed by atoms with Gasteiger partial charge in [-0.25, -0.2) is 9.37 Å². The molecule has 2 amide bonds. The maximum Gasteiger partial charge on any atom is 0.272 e. The number of halogens is 1. The molecule has 3 aromatic rings. The van der Waals surface area contributed by atoms with E-state index in [0.29, 0.717) is 24.3 Å². The normalized spacial score (nSPS) is 14.4. The Morgan fingerprint density at radius 1 is 1.16 bits per heavy atom. The first-order chi connectivity index (χ1) is 15.4. The molecule has 32 heavy (non-hydrogen) atoms. The summed E-state index contributed by atoms with van der Waals surface area (Å²) < 4.78 is 15.3. The van der Waals surface area contributed by atoms with Crippen molar-refractivity contribution in [2.75, 3.05) is 18.8 Å². The summed E-state index contributed by atoms with van der Waals surface area (Å²) >= 11 is 0. The van der Waals surface area contributed by atoms with E-state index >= 15 is 0 Å². The Bertz CT molecular complexity index is 1140. The minimum absolute atomic E-state index is 0.0298. The molecule has 9 heteroatoms. The van der Waals surface area contributed by atoms with Crippen LogP contribution in [0.2, 0.25) is 0 Å². The number of nitrogens with zero attached hydrogens (tertiary/aromatic N) is 4. The van der Waals surface area contributed by atoms with Crippen molar-refractivity contribution in [1.29, 1.82) is 0 Å². The molecule has 0 saturated carbocycles. The number of likely N-dealkylation sites (tertiary alicyclic amines) is 1. The minimum Gasteiger partial charge on any atom is -0.383 e. The summed E-state index contributed by atoms with van der Waals surface area (Å²) in [6.07, 6.45) is 3.13. The second-order valence-corrected chi connectivity index (χ2v) is 7.85. The molecule has 1 aromatic carbocycles. The summed E-state index contributed by atoms with van der Waals surface area (Å²) in [4.78, 5) is 31.4. The third kappa shape index (κ3) is 4.46. The monoisotopic (exact) mass is 436 g/mol. The average molecular weight is 436 g/mol. The average Bonchev–Trinajstić information content (AvgIpc) is 3.23. The van der Waals surface area contributed by atoms with Crippen molar-refractivity contribution >= 4 is 17.6 Å². The maximum atomic E-state index is 13.7. The van der Waals surface area contributed by atoms with Gasteiger partial charge < -0.3 is 16.0 Å². The van der Waals surface area contributed by atoms with E-state index in [-0.39, 0.29) is 35.6 Å². The van der Waals surface area contributed by atoms with E-state index < -0.39 is 5.91 Å². The molecule has 3 heterocycles. The molecule has 0 radical (unpaired) electrons. The molecule has 1 aliphatic rings. The number of piperidine rings is 1. The highest BCUT2D eigenvalue weighted by molar-refractivity contribution is 5.98. The number of pyridine rings is 1. The SMILES string of the molecule is Cn1nccc1C(=O)N1CCC(c2ccc(C(=O)NCc3ccccc3F)c(N)n2)CC1. The van der Waals surface area contributed by atoms with Crippen molar-refractivity contribution in [2.45, 2.75) is 25.3 Å². The number of aromatic nitrogens is 3. The zero-order chi connectivity index (χ0) is 22.7. The Morgan fingerprint density at radius 3 is 2.56 bits per heavy atom. The summed E-state index contributed by atoms with van der Waals surface area (Å²) in [6.45, 7) is 1.29. The standard InChI is InChI=1S/C23H25FN6O2/c1-29-20(8-11-27-29)23(32)30-12-9-15(10-13-30)19-7-6-17(21(25)28-19)22(31)26-14-16-4-2-3-5-18(16)24/h2-8,11,15H,9-10,12-14H2,1H3,(H2,25,28)(H,26,31). The maximum absolute atomic E-state index is 13.7. The number of aryl methyl sites for hydroxylation is 1.